The Balaban J connectivity index is 1.88. The van der Waals surface area contributed by atoms with Gasteiger partial charge in [-0.2, -0.15) is 18.3 Å². The van der Waals surface area contributed by atoms with Crippen molar-refractivity contribution in [3.63, 3.8) is 0 Å². The number of methoxy groups -OCH3 is 1. The highest BCUT2D eigenvalue weighted by Gasteiger charge is 2.28. The van der Waals surface area contributed by atoms with Crippen molar-refractivity contribution in [3.8, 4) is 22.7 Å². The van der Waals surface area contributed by atoms with E-state index in [9.17, 15) is 27.2 Å². The summed E-state index contributed by atoms with van der Waals surface area (Å²) >= 11 is 0. The fourth-order valence-electron chi connectivity index (χ4n) is 2.69. The highest BCUT2D eigenvalue weighted by atomic mass is 19.4. The lowest BCUT2D eigenvalue weighted by Crippen LogP contribution is -2.36. The van der Waals surface area contributed by atoms with E-state index in [0.717, 1.165) is 0 Å². The molecule has 0 saturated carbocycles. The molecule has 2 aromatic carbocycles. The first-order valence-corrected chi connectivity index (χ1v) is 9.17. The van der Waals surface area contributed by atoms with E-state index in [-0.39, 0.29) is 11.3 Å². The minimum absolute atomic E-state index is 0.0498. The SMILES string of the molecule is COc1cccc(-c2nn(-c3ccc(F)cc3)cc2C(=O)OCC(=O)NCC(F)(F)F)c1. The predicted octanol–water partition coefficient (Wildman–Crippen LogP) is 3.52. The monoisotopic (exact) mass is 451 g/mol. The Labute approximate surface area is 179 Å². The molecule has 0 radical (unpaired) electrons. The Bertz CT molecular complexity index is 1110. The molecule has 7 nitrogen and oxygen atoms in total. The molecular weight excluding hydrogens is 434 g/mol. The van der Waals surface area contributed by atoms with E-state index in [0.29, 0.717) is 17.0 Å². The van der Waals surface area contributed by atoms with Crippen LogP contribution in [0.1, 0.15) is 10.4 Å². The fraction of sp³-hybridized carbons (Fsp3) is 0.190. The third-order valence-corrected chi connectivity index (χ3v) is 4.19. The number of nitrogens with one attached hydrogen (secondary N) is 1. The van der Waals surface area contributed by atoms with Crippen LogP contribution in [0.2, 0.25) is 0 Å². The number of amides is 1. The van der Waals surface area contributed by atoms with Gasteiger partial charge in [-0.3, -0.25) is 4.79 Å². The van der Waals surface area contributed by atoms with Gasteiger partial charge >= 0.3 is 12.1 Å². The number of carbonyl (C=O) groups excluding carboxylic acids is 2. The van der Waals surface area contributed by atoms with Gasteiger partial charge in [0.15, 0.2) is 6.61 Å². The number of alkyl halides is 3. The number of hydrogen-bond acceptors (Lipinski definition) is 5. The van der Waals surface area contributed by atoms with Crippen molar-refractivity contribution in [1.29, 1.82) is 0 Å². The van der Waals surface area contributed by atoms with Gasteiger partial charge in [0.1, 0.15) is 29.4 Å². The average molecular weight is 451 g/mol. The molecule has 32 heavy (non-hydrogen) atoms. The zero-order valence-electron chi connectivity index (χ0n) is 16.6. The maximum absolute atomic E-state index is 13.3. The normalized spacial score (nSPS) is 11.2. The van der Waals surface area contributed by atoms with Crippen LogP contribution in [0, 0.1) is 5.82 Å². The van der Waals surface area contributed by atoms with Gasteiger partial charge in [-0.25, -0.2) is 13.9 Å². The summed E-state index contributed by atoms with van der Waals surface area (Å²) in [4.78, 5) is 24.2. The van der Waals surface area contributed by atoms with Crippen LogP contribution in [0.25, 0.3) is 16.9 Å². The second kappa shape index (κ2) is 9.50. The molecule has 0 aliphatic rings. The van der Waals surface area contributed by atoms with Crippen molar-refractivity contribution in [2.24, 2.45) is 0 Å². The Morgan fingerprint density at radius 3 is 2.50 bits per heavy atom. The molecule has 0 saturated heterocycles. The lowest BCUT2D eigenvalue weighted by Gasteiger charge is -2.09. The summed E-state index contributed by atoms with van der Waals surface area (Å²) < 4.78 is 61.2. The number of hydrogen-bond donors (Lipinski definition) is 1. The van der Waals surface area contributed by atoms with Gasteiger partial charge < -0.3 is 14.8 Å². The van der Waals surface area contributed by atoms with Crippen molar-refractivity contribution in [1.82, 2.24) is 15.1 Å². The predicted molar refractivity (Wildman–Crippen MR) is 105 cm³/mol. The van der Waals surface area contributed by atoms with Crippen LogP contribution in [-0.4, -0.2) is 48.1 Å². The number of carbonyl (C=O) groups is 2. The molecule has 0 aliphatic carbocycles. The van der Waals surface area contributed by atoms with Crippen LogP contribution in [0.5, 0.6) is 5.75 Å². The Morgan fingerprint density at radius 1 is 1.12 bits per heavy atom. The van der Waals surface area contributed by atoms with E-state index in [1.165, 1.54) is 42.3 Å². The highest BCUT2D eigenvalue weighted by molar-refractivity contribution is 5.97. The van der Waals surface area contributed by atoms with Gasteiger partial charge in [0.05, 0.1) is 12.8 Å². The third kappa shape index (κ3) is 5.84. The molecule has 0 spiro atoms. The second-order valence-electron chi connectivity index (χ2n) is 6.51. The molecule has 1 heterocycles. The van der Waals surface area contributed by atoms with E-state index in [2.05, 4.69) is 5.10 Å². The summed E-state index contributed by atoms with van der Waals surface area (Å²) in [7, 11) is 1.46. The van der Waals surface area contributed by atoms with Crippen molar-refractivity contribution in [2.75, 3.05) is 20.3 Å². The summed E-state index contributed by atoms with van der Waals surface area (Å²) in [5.74, 6) is -2.05. The van der Waals surface area contributed by atoms with Gasteiger partial charge in [-0.15, -0.1) is 0 Å². The van der Waals surface area contributed by atoms with Crippen LogP contribution in [0.3, 0.4) is 0 Å². The van der Waals surface area contributed by atoms with Gasteiger partial charge in [0.2, 0.25) is 0 Å². The molecule has 1 aromatic heterocycles. The number of halogens is 4. The van der Waals surface area contributed by atoms with Crippen LogP contribution >= 0.6 is 0 Å². The smallest absolute Gasteiger partial charge is 0.405 e. The van der Waals surface area contributed by atoms with E-state index in [1.807, 2.05) is 0 Å². The van der Waals surface area contributed by atoms with Crippen LogP contribution < -0.4 is 10.1 Å². The van der Waals surface area contributed by atoms with Crippen LogP contribution in [0.15, 0.2) is 54.7 Å². The summed E-state index contributed by atoms with van der Waals surface area (Å²) in [5, 5.41) is 5.97. The first-order chi connectivity index (χ1) is 15.2. The Hall–Kier alpha value is -3.89. The molecule has 0 unspecified atom stereocenters. The largest absolute Gasteiger partial charge is 0.497 e. The van der Waals surface area contributed by atoms with E-state index in [1.54, 1.807) is 29.6 Å². The van der Waals surface area contributed by atoms with Gasteiger partial charge in [-0.05, 0) is 36.4 Å². The van der Waals surface area contributed by atoms with Gasteiger partial charge in [-0.1, -0.05) is 12.1 Å². The summed E-state index contributed by atoms with van der Waals surface area (Å²) in [5.41, 5.74) is 1.05. The molecule has 1 amide bonds. The molecular formula is C21H17F4N3O4. The summed E-state index contributed by atoms with van der Waals surface area (Å²) in [6.45, 7) is -2.45. The van der Waals surface area contributed by atoms with Crippen molar-refractivity contribution in [3.05, 3.63) is 66.1 Å². The zero-order valence-corrected chi connectivity index (χ0v) is 16.6. The number of benzene rings is 2. The molecule has 1 N–H and O–H groups in total. The van der Waals surface area contributed by atoms with E-state index < -0.39 is 37.0 Å². The third-order valence-electron chi connectivity index (χ3n) is 4.19. The number of rotatable bonds is 7. The standard InChI is InChI=1S/C21H17F4N3O4/c1-31-16-4-2-3-13(9-16)19-17(10-28(27-19)15-7-5-14(22)6-8-15)20(30)32-11-18(29)26-12-21(23,24)25/h2-10H,11-12H2,1H3,(H,26,29). The Morgan fingerprint density at radius 2 is 1.84 bits per heavy atom. The fourth-order valence-corrected chi connectivity index (χ4v) is 2.69. The van der Waals surface area contributed by atoms with Crippen molar-refractivity contribution in [2.45, 2.75) is 6.18 Å². The highest BCUT2D eigenvalue weighted by Crippen LogP contribution is 2.27. The quantitative estimate of drug-likeness (QED) is 0.439. The summed E-state index contributed by atoms with van der Waals surface area (Å²) in [6, 6.07) is 11.9. The maximum Gasteiger partial charge on any atom is 0.405 e. The van der Waals surface area contributed by atoms with Crippen molar-refractivity contribution < 1.29 is 36.6 Å². The lowest BCUT2D eigenvalue weighted by atomic mass is 10.1. The molecule has 0 fully saturated rings. The van der Waals surface area contributed by atoms with E-state index >= 15 is 0 Å². The number of esters is 1. The first-order valence-electron chi connectivity index (χ1n) is 9.17. The molecule has 0 aliphatic heterocycles. The molecule has 0 atom stereocenters. The molecule has 3 aromatic rings. The molecule has 0 bridgehead atoms. The minimum Gasteiger partial charge on any atom is -0.497 e. The number of ether oxygens (including phenoxy) is 2. The van der Waals surface area contributed by atoms with Gasteiger partial charge in [0.25, 0.3) is 5.91 Å². The molecule has 11 heteroatoms. The van der Waals surface area contributed by atoms with Gasteiger partial charge in [0, 0.05) is 11.8 Å². The van der Waals surface area contributed by atoms with Crippen molar-refractivity contribution >= 4 is 11.9 Å². The first kappa shape index (κ1) is 22.8. The second-order valence-corrected chi connectivity index (χ2v) is 6.51. The van der Waals surface area contributed by atoms with E-state index in [4.69, 9.17) is 9.47 Å². The number of nitrogens with zero attached hydrogens (tertiary/aromatic N) is 2. The molecule has 168 valence electrons. The topological polar surface area (TPSA) is 82.5 Å². The minimum atomic E-state index is -4.59. The maximum atomic E-state index is 13.3. The molecule has 3 rings (SSSR count). The lowest BCUT2D eigenvalue weighted by molar-refractivity contribution is -0.140. The average Bonchev–Trinajstić information content (AvgIpc) is 3.21. The van der Waals surface area contributed by atoms with Crippen LogP contribution in [-0.2, 0) is 9.53 Å². The summed E-state index contributed by atoms with van der Waals surface area (Å²) in [6.07, 6.45) is -3.27. The Kier molecular flexibility index (Phi) is 6.76. The number of aromatic nitrogens is 2. The zero-order chi connectivity index (χ0) is 23.3. The van der Waals surface area contributed by atoms with Crippen LogP contribution in [0.4, 0.5) is 17.6 Å².